The number of hydrogen-bond acceptors (Lipinski definition) is 1. The Labute approximate surface area is 129 Å². The van der Waals surface area contributed by atoms with Gasteiger partial charge >= 0.3 is 0 Å². The lowest BCUT2D eigenvalue weighted by atomic mass is 10.2. The summed E-state index contributed by atoms with van der Waals surface area (Å²) >= 11 is 9.42. The third-order valence-corrected chi connectivity index (χ3v) is 3.90. The third kappa shape index (κ3) is 2.58. The van der Waals surface area contributed by atoms with Crippen molar-refractivity contribution in [1.82, 2.24) is 9.55 Å². The van der Waals surface area contributed by atoms with E-state index in [2.05, 4.69) is 25.5 Å². The van der Waals surface area contributed by atoms with Crippen molar-refractivity contribution in [1.29, 1.82) is 0 Å². The number of fused-ring (bicyclic) bond motifs is 1. The fourth-order valence-corrected chi connectivity index (χ4v) is 2.76. The summed E-state index contributed by atoms with van der Waals surface area (Å²) < 4.78 is 16.0. The highest BCUT2D eigenvalue weighted by Crippen LogP contribution is 2.23. The lowest BCUT2D eigenvalue weighted by Crippen LogP contribution is -2.03. The molecule has 0 atom stereocenters. The summed E-state index contributed by atoms with van der Waals surface area (Å²) in [5, 5.41) is 0. The van der Waals surface area contributed by atoms with Crippen molar-refractivity contribution in [2.75, 3.05) is 0 Å². The van der Waals surface area contributed by atoms with Crippen LogP contribution in [0.2, 0.25) is 0 Å². The second-order valence-electron chi connectivity index (χ2n) is 4.51. The molecule has 0 unspecified atom stereocenters. The molecule has 0 saturated carbocycles. The van der Waals surface area contributed by atoms with E-state index in [4.69, 9.17) is 11.6 Å². The number of benzene rings is 2. The van der Waals surface area contributed by atoms with Gasteiger partial charge in [-0.2, -0.15) is 0 Å². The SMILES string of the molecule is Fc1ccc(Cn2c(CCl)nc3cc(Br)ccc32)cc1. The van der Waals surface area contributed by atoms with Gasteiger partial charge in [-0.25, -0.2) is 9.37 Å². The van der Waals surface area contributed by atoms with Crippen LogP contribution in [0.15, 0.2) is 46.9 Å². The quantitative estimate of drug-likeness (QED) is 0.623. The average molecular weight is 354 g/mol. The van der Waals surface area contributed by atoms with E-state index in [1.54, 1.807) is 12.1 Å². The number of hydrogen-bond donors (Lipinski definition) is 0. The fraction of sp³-hybridized carbons (Fsp3) is 0.133. The molecule has 2 aromatic carbocycles. The number of rotatable bonds is 3. The maximum Gasteiger partial charge on any atom is 0.125 e. The Balaban J connectivity index is 2.07. The van der Waals surface area contributed by atoms with Crippen LogP contribution in [0, 0.1) is 5.82 Å². The molecule has 1 heterocycles. The van der Waals surface area contributed by atoms with E-state index in [1.165, 1.54) is 12.1 Å². The van der Waals surface area contributed by atoms with Crippen molar-refractivity contribution < 1.29 is 4.39 Å². The molecular weight excluding hydrogens is 343 g/mol. The number of halogens is 3. The second-order valence-corrected chi connectivity index (χ2v) is 5.69. The highest BCUT2D eigenvalue weighted by atomic mass is 79.9. The average Bonchev–Trinajstić information content (AvgIpc) is 2.78. The van der Waals surface area contributed by atoms with Gasteiger partial charge in [0.1, 0.15) is 11.6 Å². The zero-order valence-electron chi connectivity index (χ0n) is 10.5. The van der Waals surface area contributed by atoms with Crippen molar-refractivity contribution in [3.8, 4) is 0 Å². The van der Waals surface area contributed by atoms with Crippen LogP contribution in [0.1, 0.15) is 11.4 Å². The molecular formula is C15H11BrClFN2. The van der Waals surface area contributed by atoms with E-state index in [-0.39, 0.29) is 5.82 Å². The Bertz CT molecular complexity index is 752. The molecule has 0 aliphatic rings. The molecule has 0 amide bonds. The maximum absolute atomic E-state index is 13.0. The van der Waals surface area contributed by atoms with Gasteiger partial charge in [0, 0.05) is 11.0 Å². The predicted octanol–water partition coefficient (Wildman–Crippen LogP) is 4.73. The highest BCUT2D eigenvalue weighted by Gasteiger charge is 2.10. The highest BCUT2D eigenvalue weighted by molar-refractivity contribution is 9.10. The molecule has 5 heteroatoms. The maximum atomic E-state index is 13.0. The first-order chi connectivity index (χ1) is 9.67. The van der Waals surface area contributed by atoms with Gasteiger partial charge in [0.2, 0.25) is 0 Å². The van der Waals surface area contributed by atoms with Crippen LogP contribution < -0.4 is 0 Å². The summed E-state index contributed by atoms with van der Waals surface area (Å²) in [6.07, 6.45) is 0. The van der Waals surface area contributed by atoms with E-state index in [9.17, 15) is 4.39 Å². The number of imidazole rings is 1. The molecule has 102 valence electrons. The van der Waals surface area contributed by atoms with Gasteiger partial charge < -0.3 is 4.57 Å². The summed E-state index contributed by atoms with van der Waals surface area (Å²) in [5.41, 5.74) is 2.94. The van der Waals surface area contributed by atoms with Crippen molar-refractivity contribution in [3.63, 3.8) is 0 Å². The first-order valence-electron chi connectivity index (χ1n) is 6.12. The van der Waals surface area contributed by atoms with Crippen LogP contribution in [0.25, 0.3) is 11.0 Å². The van der Waals surface area contributed by atoms with Gasteiger partial charge in [0.25, 0.3) is 0 Å². The molecule has 2 nitrogen and oxygen atoms in total. The number of alkyl halides is 1. The molecule has 0 radical (unpaired) electrons. The molecule has 0 N–H and O–H groups in total. The summed E-state index contributed by atoms with van der Waals surface area (Å²) in [4.78, 5) is 4.53. The molecule has 0 bridgehead atoms. The molecule has 0 spiro atoms. The van der Waals surface area contributed by atoms with Crippen molar-refractivity contribution in [2.45, 2.75) is 12.4 Å². The zero-order valence-corrected chi connectivity index (χ0v) is 12.8. The Morgan fingerprint density at radius 1 is 1.15 bits per heavy atom. The van der Waals surface area contributed by atoms with Gasteiger partial charge in [0.15, 0.2) is 0 Å². The first-order valence-corrected chi connectivity index (χ1v) is 7.45. The Kier molecular flexibility index (Phi) is 3.76. The standard InChI is InChI=1S/C15H11BrClFN2/c16-11-3-6-14-13(7-11)19-15(8-17)20(14)9-10-1-4-12(18)5-2-10/h1-7H,8-9H2. The fourth-order valence-electron chi connectivity index (χ4n) is 2.20. The smallest absolute Gasteiger partial charge is 0.125 e. The molecule has 0 aliphatic heterocycles. The number of aromatic nitrogens is 2. The number of nitrogens with zero attached hydrogens (tertiary/aromatic N) is 2. The molecule has 0 aliphatic carbocycles. The van der Waals surface area contributed by atoms with E-state index < -0.39 is 0 Å². The minimum Gasteiger partial charge on any atom is -0.322 e. The van der Waals surface area contributed by atoms with Crippen molar-refractivity contribution in [3.05, 3.63) is 64.1 Å². The Hall–Kier alpha value is -1.39. The van der Waals surface area contributed by atoms with Crippen LogP contribution >= 0.6 is 27.5 Å². The predicted molar refractivity (Wildman–Crippen MR) is 82.5 cm³/mol. The lowest BCUT2D eigenvalue weighted by Gasteiger charge is -2.08. The van der Waals surface area contributed by atoms with E-state index in [1.807, 2.05) is 18.2 Å². The van der Waals surface area contributed by atoms with Crippen LogP contribution in [-0.2, 0) is 12.4 Å². The van der Waals surface area contributed by atoms with Crippen LogP contribution in [0.4, 0.5) is 4.39 Å². The van der Waals surface area contributed by atoms with Crippen molar-refractivity contribution >= 4 is 38.6 Å². The van der Waals surface area contributed by atoms with E-state index in [0.29, 0.717) is 12.4 Å². The molecule has 3 rings (SSSR count). The van der Waals surface area contributed by atoms with Crippen LogP contribution in [-0.4, -0.2) is 9.55 Å². The normalized spacial score (nSPS) is 11.2. The molecule has 3 aromatic rings. The molecule has 0 saturated heterocycles. The van der Waals surface area contributed by atoms with Gasteiger partial charge in [0.05, 0.1) is 16.9 Å². The Morgan fingerprint density at radius 2 is 1.90 bits per heavy atom. The topological polar surface area (TPSA) is 17.8 Å². The first kappa shape index (κ1) is 13.6. The van der Waals surface area contributed by atoms with Crippen molar-refractivity contribution in [2.24, 2.45) is 0 Å². The minimum absolute atomic E-state index is 0.231. The van der Waals surface area contributed by atoms with Gasteiger partial charge in [-0.05, 0) is 35.9 Å². The van der Waals surface area contributed by atoms with Crippen LogP contribution in [0.3, 0.4) is 0 Å². The van der Waals surface area contributed by atoms with Gasteiger partial charge in [-0.3, -0.25) is 0 Å². The van der Waals surface area contributed by atoms with E-state index in [0.717, 1.165) is 26.9 Å². The Morgan fingerprint density at radius 3 is 2.60 bits per heavy atom. The largest absolute Gasteiger partial charge is 0.322 e. The third-order valence-electron chi connectivity index (χ3n) is 3.16. The molecule has 0 fully saturated rings. The summed E-state index contributed by atoms with van der Waals surface area (Å²) in [6.45, 7) is 0.625. The minimum atomic E-state index is -0.231. The van der Waals surface area contributed by atoms with Gasteiger partial charge in [-0.1, -0.05) is 28.1 Å². The van der Waals surface area contributed by atoms with E-state index >= 15 is 0 Å². The molecule has 20 heavy (non-hydrogen) atoms. The zero-order chi connectivity index (χ0) is 14.1. The summed E-state index contributed by atoms with van der Waals surface area (Å²) in [5.74, 6) is 0.919. The lowest BCUT2D eigenvalue weighted by molar-refractivity contribution is 0.626. The van der Waals surface area contributed by atoms with Gasteiger partial charge in [-0.15, -0.1) is 11.6 Å². The second kappa shape index (κ2) is 5.54. The summed E-state index contributed by atoms with van der Waals surface area (Å²) in [7, 11) is 0. The monoisotopic (exact) mass is 352 g/mol. The molecule has 1 aromatic heterocycles. The summed E-state index contributed by atoms with van der Waals surface area (Å²) in [6, 6.07) is 12.4. The van der Waals surface area contributed by atoms with Crippen LogP contribution in [0.5, 0.6) is 0 Å².